The molecule has 1 unspecified atom stereocenters. The van der Waals surface area contributed by atoms with Crippen molar-refractivity contribution in [3.05, 3.63) is 0 Å². The molecule has 0 aliphatic rings. The zero-order valence-electron chi connectivity index (χ0n) is 15.4. The van der Waals surface area contributed by atoms with Gasteiger partial charge in [-0.1, -0.05) is 18.9 Å². The van der Waals surface area contributed by atoms with E-state index in [0.717, 1.165) is 18.7 Å². The highest BCUT2D eigenvalue weighted by Gasteiger charge is 2.28. The lowest BCUT2D eigenvalue weighted by Gasteiger charge is -2.26. The molecule has 22 heavy (non-hydrogen) atoms. The van der Waals surface area contributed by atoms with Gasteiger partial charge in [0.25, 0.3) is 5.91 Å². The second-order valence-electron chi connectivity index (χ2n) is 6.43. The number of rotatable bonds is 12. The Morgan fingerprint density at radius 3 is 2.50 bits per heavy atom. The number of ether oxygens (including phenoxy) is 1. The van der Waals surface area contributed by atoms with Gasteiger partial charge in [-0.3, -0.25) is 9.52 Å². The van der Waals surface area contributed by atoms with E-state index in [-0.39, 0.29) is 5.91 Å². The molecule has 0 aromatic rings. The van der Waals surface area contributed by atoms with Crippen molar-refractivity contribution in [3.63, 3.8) is 0 Å². The first-order valence-electron chi connectivity index (χ1n) is 8.20. The van der Waals surface area contributed by atoms with Crippen molar-refractivity contribution in [1.82, 2.24) is 14.9 Å². The van der Waals surface area contributed by atoms with Crippen molar-refractivity contribution in [2.24, 2.45) is 0 Å². The first-order chi connectivity index (χ1) is 10.2. The van der Waals surface area contributed by atoms with E-state index in [9.17, 15) is 4.79 Å². The van der Waals surface area contributed by atoms with Crippen LogP contribution in [0.2, 0.25) is 0 Å². The lowest BCUT2D eigenvalue weighted by atomic mass is 10.1. The van der Waals surface area contributed by atoms with Gasteiger partial charge in [-0.2, -0.15) is 0 Å². The fourth-order valence-electron chi connectivity index (χ4n) is 1.66. The quantitative estimate of drug-likeness (QED) is 0.537. The third-order valence-electron chi connectivity index (χ3n) is 3.62. The van der Waals surface area contributed by atoms with Gasteiger partial charge in [-0.05, 0) is 48.1 Å². The van der Waals surface area contributed by atoms with Crippen LogP contribution in [0, 0.1) is 0 Å². The molecule has 0 bridgehead atoms. The molecule has 132 valence electrons. The summed E-state index contributed by atoms with van der Waals surface area (Å²) in [6.45, 7) is 14.2. The maximum absolute atomic E-state index is 12.2. The van der Waals surface area contributed by atoms with Crippen LogP contribution in [-0.4, -0.2) is 61.0 Å². The summed E-state index contributed by atoms with van der Waals surface area (Å²) in [6.07, 6.45) is 0.889. The van der Waals surface area contributed by atoms with E-state index in [1.165, 1.54) is 0 Å². The van der Waals surface area contributed by atoms with Crippen LogP contribution >= 0.6 is 11.9 Å². The van der Waals surface area contributed by atoms with Gasteiger partial charge in [0, 0.05) is 37.5 Å². The second kappa shape index (κ2) is 11.3. The smallest absolute Gasteiger partial charge is 0.251 e. The summed E-state index contributed by atoms with van der Waals surface area (Å²) in [4.78, 5) is 14.4. The molecule has 0 aliphatic carbocycles. The van der Waals surface area contributed by atoms with Gasteiger partial charge in [0.2, 0.25) is 0 Å². The number of nitrogens with one attached hydrogen (secondary N) is 2. The molecule has 0 spiro atoms. The van der Waals surface area contributed by atoms with E-state index >= 15 is 0 Å². The van der Waals surface area contributed by atoms with Gasteiger partial charge in [0.05, 0.1) is 0 Å². The van der Waals surface area contributed by atoms with Crippen LogP contribution in [-0.2, 0) is 9.53 Å². The summed E-state index contributed by atoms with van der Waals surface area (Å²) in [6, 6.07) is 0.861. The zero-order valence-corrected chi connectivity index (χ0v) is 16.2. The van der Waals surface area contributed by atoms with Gasteiger partial charge >= 0.3 is 0 Å². The Labute approximate surface area is 141 Å². The van der Waals surface area contributed by atoms with Gasteiger partial charge < -0.3 is 15.0 Å². The van der Waals surface area contributed by atoms with Gasteiger partial charge in [-0.15, -0.1) is 0 Å². The zero-order chi connectivity index (χ0) is 17.2. The third kappa shape index (κ3) is 9.66. The number of likely N-dealkylation sites (N-methyl/N-ethyl adjacent to an activating group) is 1. The molecule has 1 atom stereocenters. The topological polar surface area (TPSA) is 53.6 Å². The summed E-state index contributed by atoms with van der Waals surface area (Å²) in [5, 5.41) is 2.96. The lowest BCUT2D eigenvalue weighted by molar-refractivity contribution is -0.143. The minimum absolute atomic E-state index is 0.0480. The molecular formula is C16H35N3O2S. The predicted molar refractivity (Wildman–Crippen MR) is 96.2 cm³/mol. The molecule has 0 saturated heterocycles. The fraction of sp³-hybridized carbons (Fsp3) is 0.938. The van der Waals surface area contributed by atoms with Crippen molar-refractivity contribution >= 4 is 17.9 Å². The van der Waals surface area contributed by atoms with Crippen LogP contribution in [0.4, 0.5) is 0 Å². The van der Waals surface area contributed by atoms with E-state index in [4.69, 9.17) is 4.74 Å². The summed E-state index contributed by atoms with van der Waals surface area (Å²) in [5.41, 5.74) is -0.784. The summed E-state index contributed by atoms with van der Waals surface area (Å²) in [7, 11) is 2.06. The molecule has 0 radical (unpaired) electrons. The first-order valence-corrected chi connectivity index (χ1v) is 9.19. The highest BCUT2D eigenvalue weighted by molar-refractivity contribution is 7.97. The van der Waals surface area contributed by atoms with Crippen molar-refractivity contribution in [1.29, 1.82) is 0 Å². The third-order valence-corrected chi connectivity index (χ3v) is 4.48. The SMILES string of the molecule is CCSNC(C)CCOC(C)(C)C(=O)NCCN(C)C(C)C. The lowest BCUT2D eigenvalue weighted by Crippen LogP contribution is -2.47. The number of hydrogen-bond acceptors (Lipinski definition) is 5. The molecule has 6 heteroatoms. The van der Waals surface area contributed by atoms with Crippen molar-refractivity contribution < 1.29 is 9.53 Å². The molecule has 0 aromatic heterocycles. The second-order valence-corrected chi connectivity index (χ2v) is 7.53. The van der Waals surface area contributed by atoms with Crippen molar-refractivity contribution in [2.75, 3.05) is 32.5 Å². The molecule has 2 N–H and O–H groups in total. The molecule has 0 saturated carbocycles. The minimum atomic E-state index is -0.784. The molecule has 0 aromatic carbocycles. The Kier molecular flexibility index (Phi) is 11.1. The summed E-state index contributed by atoms with van der Waals surface area (Å²) >= 11 is 1.71. The van der Waals surface area contributed by atoms with Gasteiger partial charge in [-0.25, -0.2) is 0 Å². The minimum Gasteiger partial charge on any atom is -0.366 e. The predicted octanol–water partition coefficient (Wildman–Crippen LogP) is 2.27. The molecule has 0 heterocycles. The average Bonchev–Trinajstić information content (AvgIpc) is 2.44. The molecule has 0 rings (SSSR count). The van der Waals surface area contributed by atoms with Crippen LogP contribution in [0.3, 0.4) is 0 Å². The van der Waals surface area contributed by atoms with E-state index in [1.807, 2.05) is 13.8 Å². The number of nitrogens with zero attached hydrogens (tertiary/aromatic N) is 1. The van der Waals surface area contributed by atoms with E-state index in [0.29, 0.717) is 25.2 Å². The standard InChI is InChI=1S/C16H35N3O2S/c1-8-22-18-14(4)9-12-21-16(5,6)15(20)17-10-11-19(7)13(2)3/h13-14,18H,8-12H2,1-7H3,(H,17,20). The fourth-order valence-corrected chi connectivity index (χ4v) is 2.23. The monoisotopic (exact) mass is 333 g/mol. The Hall–Kier alpha value is -0.300. The van der Waals surface area contributed by atoms with Crippen molar-refractivity contribution in [3.8, 4) is 0 Å². The first kappa shape index (κ1) is 21.7. The summed E-state index contributed by atoms with van der Waals surface area (Å²) in [5.74, 6) is 0.998. The Morgan fingerprint density at radius 2 is 1.95 bits per heavy atom. The van der Waals surface area contributed by atoms with E-state index in [1.54, 1.807) is 11.9 Å². The highest BCUT2D eigenvalue weighted by Crippen LogP contribution is 2.11. The normalized spacial score (nSPS) is 13.7. The van der Waals surface area contributed by atoms with Crippen LogP contribution in [0.5, 0.6) is 0 Å². The van der Waals surface area contributed by atoms with Crippen LogP contribution in [0.25, 0.3) is 0 Å². The van der Waals surface area contributed by atoms with Gasteiger partial charge in [0.15, 0.2) is 0 Å². The largest absolute Gasteiger partial charge is 0.366 e. The molecule has 5 nitrogen and oxygen atoms in total. The van der Waals surface area contributed by atoms with E-state index in [2.05, 4.69) is 49.7 Å². The van der Waals surface area contributed by atoms with Crippen LogP contribution in [0.15, 0.2) is 0 Å². The van der Waals surface area contributed by atoms with Gasteiger partial charge in [0.1, 0.15) is 5.60 Å². The van der Waals surface area contributed by atoms with Crippen LogP contribution < -0.4 is 10.0 Å². The maximum Gasteiger partial charge on any atom is 0.251 e. The Bertz CT molecular complexity index is 312. The number of carbonyl (C=O) groups is 1. The molecule has 1 amide bonds. The van der Waals surface area contributed by atoms with Crippen molar-refractivity contribution in [2.45, 2.75) is 65.6 Å². The highest BCUT2D eigenvalue weighted by atomic mass is 32.2. The molecule has 0 fully saturated rings. The Morgan fingerprint density at radius 1 is 1.32 bits per heavy atom. The Balaban J connectivity index is 3.97. The molecule has 0 aliphatic heterocycles. The maximum atomic E-state index is 12.2. The number of hydrogen-bond donors (Lipinski definition) is 2. The number of carbonyl (C=O) groups excluding carboxylic acids is 1. The van der Waals surface area contributed by atoms with E-state index < -0.39 is 5.60 Å². The number of amides is 1. The van der Waals surface area contributed by atoms with Crippen LogP contribution in [0.1, 0.15) is 48.0 Å². The average molecular weight is 334 g/mol. The summed E-state index contributed by atoms with van der Waals surface area (Å²) < 4.78 is 9.11. The molecular weight excluding hydrogens is 298 g/mol.